The summed E-state index contributed by atoms with van der Waals surface area (Å²) in [4.78, 5) is 24.0. The third kappa shape index (κ3) is 4.78. The number of carbonyl (C=O) groups is 2. The Morgan fingerprint density at radius 2 is 1.93 bits per heavy atom. The first-order valence-corrected chi connectivity index (χ1v) is 8.55. The first kappa shape index (κ1) is 20.3. The lowest BCUT2D eigenvalue weighted by Gasteiger charge is -2.20. The largest absolute Gasteiger partial charge is 0.497 e. The summed E-state index contributed by atoms with van der Waals surface area (Å²) in [5.41, 5.74) is 1.70. The van der Waals surface area contributed by atoms with Crippen LogP contribution in [0.1, 0.15) is 54.0 Å². The van der Waals surface area contributed by atoms with Crippen LogP contribution in [-0.2, 0) is 11.8 Å². The summed E-state index contributed by atoms with van der Waals surface area (Å²) >= 11 is 0. The number of amides is 1. The van der Waals surface area contributed by atoms with E-state index in [4.69, 9.17) is 9.47 Å². The van der Waals surface area contributed by atoms with Crippen molar-refractivity contribution in [3.8, 4) is 11.5 Å². The molecule has 0 aliphatic carbocycles. The zero-order chi connectivity index (χ0) is 20.1. The molecule has 0 spiro atoms. The summed E-state index contributed by atoms with van der Waals surface area (Å²) < 4.78 is 12.2. The third-order valence-corrected chi connectivity index (χ3v) is 4.24. The summed E-state index contributed by atoms with van der Waals surface area (Å²) in [6, 6.07) is 5.96. The fourth-order valence-electron chi connectivity index (χ4n) is 2.88. The number of hydrogen-bond donors (Lipinski definition) is 2. The number of nitrogens with one attached hydrogen (secondary N) is 1. The highest BCUT2D eigenvalue weighted by Gasteiger charge is 2.24. The molecule has 8 heteroatoms. The fraction of sp³-hybridized carbons (Fsp3) is 0.421. The van der Waals surface area contributed by atoms with Crippen molar-refractivity contribution in [1.82, 2.24) is 15.1 Å². The van der Waals surface area contributed by atoms with Gasteiger partial charge in [-0.15, -0.1) is 0 Å². The highest BCUT2D eigenvalue weighted by atomic mass is 16.5. The molecule has 1 heterocycles. The lowest BCUT2D eigenvalue weighted by molar-refractivity contribution is -0.137. The number of carbonyl (C=O) groups excluding carboxylic acids is 1. The van der Waals surface area contributed by atoms with Gasteiger partial charge in [-0.3, -0.25) is 14.3 Å². The summed E-state index contributed by atoms with van der Waals surface area (Å²) in [6.45, 7) is 4.02. The average Bonchev–Trinajstić information content (AvgIpc) is 3.02. The van der Waals surface area contributed by atoms with Crippen LogP contribution in [0.4, 0.5) is 0 Å². The monoisotopic (exact) mass is 375 g/mol. The van der Waals surface area contributed by atoms with Crippen molar-refractivity contribution in [3.63, 3.8) is 0 Å². The normalized spacial score (nSPS) is 11.9. The van der Waals surface area contributed by atoms with Gasteiger partial charge in [0, 0.05) is 24.4 Å². The quantitative estimate of drug-likeness (QED) is 0.735. The van der Waals surface area contributed by atoms with Crippen LogP contribution in [0.5, 0.6) is 11.5 Å². The van der Waals surface area contributed by atoms with Crippen LogP contribution in [0.25, 0.3) is 0 Å². The molecule has 0 bridgehead atoms. The molecule has 1 aromatic carbocycles. The SMILES string of the molecule is COc1ccc(C(CC(=O)O)NC(=O)c2cc(C(C)C)n(C)n2)c(OC)c1. The number of carboxylic acids is 1. The van der Waals surface area contributed by atoms with E-state index >= 15 is 0 Å². The maximum atomic E-state index is 12.7. The zero-order valence-electron chi connectivity index (χ0n) is 16.1. The van der Waals surface area contributed by atoms with E-state index in [2.05, 4.69) is 10.4 Å². The summed E-state index contributed by atoms with van der Waals surface area (Å²) in [5.74, 6) is -0.267. The van der Waals surface area contributed by atoms with E-state index in [9.17, 15) is 14.7 Å². The second-order valence-electron chi connectivity index (χ2n) is 6.46. The van der Waals surface area contributed by atoms with Crippen LogP contribution in [0.2, 0.25) is 0 Å². The predicted octanol–water partition coefficient (Wildman–Crippen LogP) is 2.51. The van der Waals surface area contributed by atoms with Crippen molar-refractivity contribution < 1.29 is 24.2 Å². The van der Waals surface area contributed by atoms with Crippen LogP contribution in [-0.4, -0.2) is 41.0 Å². The van der Waals surface area contributed by atoms with Gasteiger partial charge in [0.2, 0.25) is 0 Å². The molecule has 0 fully saturated rings. The van der Waals surface area contributed by atoms with E-state index in [0.29, 0.717) is 17.1 Å². The van der Waals surface area contributed by atoms with Crippen LogP contribution in [0.15, 0.2) is 24.3 Å². The number of ether oxygens (including phenoxy) is 2. The molecule has 2 rings (SSSR count). The van der Waals surface area contributed by atoms with E-state index in [1.807, 2.05) is 13.8 Å². The molecule has 0 saturated carbocycles. The minimum atomic E-state index is -1.04. The standard InChI is InChI=1S/C19H25N3O5/c1-11(2)16-9-15(21-22(16)3)19(25)20-14(10-18(23)24)13-7-6-12(26-4)8-17(13)27-5/h6-9,11,14H,10H2,1-5H3,(H,20,25)(H,23,24). The molecular formula is C19H25N3O5. The lowest BCUT2D eigenvalue weighted by atomic mass is 10.0. The Balaban J connectivity index is 2.33. The van der Waals surface area contributed by atoms with Gasteiger partial charge in [0.15, 0.2) is 0 Å². The van der Waals surface area contributed by atoms with Gasteiger partial charge in [-0.05, 0) is 24.1 Å². The zero-order valence-corrected chi connectivity index (χ0v) is 16.1. The molecule has 1 unspecified atom stereocenters. The Kier molecular flexibility index (Phi) is 6.44. The van der Waals surface area contributed by atoms with Gasteiger partial charge in [-0.2, -0.15) is 5.10 Å². The number of rotatable bonds is 8. The molecule has 2 aromatic rings. The molecule has 2 N–H and O–H groups in total. The third-order valence-electron chi connectivity index (χ3n) is 4.24. The van der Waals surface area contributed by atoms with E-state index in [1.54, 1.807) is 36.0 Å². The maximum absolute atomic E-state index is 12.7. The number of benzene rings is 1. The van der Waals surface area contributed by atoms with Crippen molar-refractivity contribution >= 4 is 11.9 Å². The number of aromatic nitrogens is 2. The fourth-order valence-corrected chi connectivity index (χ4v) is 2.88. The van der Waals surface area contributed by atoms with Gasteiger partial charge >= 0.3 is 5.97 Å². The van der Waals surface area contributed by atoms with Crippen molar-refractivity contribution in [2.75, 3.05) is 14.2 Å². The van der Waals surface area contributed by atoms with Crippen LogP contribution >= 0.6 is 0 Å². The Morgan fingerprint density at radius 3 is 2.44 bits per heavy atom. The van der Waals surface area contributed by atoms with Gasteiger partial charge in [0.1, 0.15) is 17.2 Å². The maximum Gasteiger partial charge on any atom is 0.305 e. The Bertz CT molecular complexity index is 829. The average molecular weight is 375 g/mol. The number of nitrogens with zero attached hydrogens (tertiary/aromatic N) is 2. The highest BCUT2D eigenvalue weighted by molar-refractivity contribution is 5.93. The topological polar surface area (TPSA) is 103 Å². The molecule has 1 amide bonds. The second-order valence-corrected chi connectivity index (χ2v) is 6.46. The molecule has 146 valence electrons. The summed E-state index contributed by atoms with van der Waals surface area (Å²) in [7, 11) is 4.78. The summed E-state index contributed by atoms with van der Waals surface area (Å²) in [6.07, 6.45) is -0.293. The van der Waals surface area contributed by atoms with Crippen LogP contribution in [0.3, 0.4) is 0 Å². The number of hydrogen-bond acceptors (Lipinski definition) is 5. The Morgan fingerprint density at radius 1 is 1.22 bits per heavy atom. The molecule has 0 aliphatic heterocycles. The molecule has 0 radical (unpaired) electrons. The summed E-state index contributed by atoms with van der Waals surface area (Å²) in [5, 5.41) is 16.3. The molecule has 0 saturated heterocycles. The minimum absolute atomic E-state index is 0.209. The second kappa shape index (κ2) is 8.57. The highest BCUT2D eigenvalue weighted by Crippen LogP contribution is 2.31. The van der Waals surface area contributed by atoms with Crippen molar-refractivity contribution in [1.29, 1.82) is 0 Å². The molecular weight excluding hydrogens is 350 g/mol. The van der Waals surface area contributed by atoms with Gasteiger partial charge in [0.05, 0.1) is 26.7 Å². The lowest BCUT2D eigenvalue weighted by Crippen LogP contribution is -2.30. The van der Waals surface area contributed by atoms with Gasteiger partial charge in [-0.1, -0.05) is 13.8 Å². The number of methoxy groups -OCH3 is 2. The van der Waals surface area contributed by atoms with E-state index < -0.39 is 17.9 Å². The minimum Gasteiger partial charge on any atom is -0.497 e. The molecule has 0 aliphatic rings. The number of carboxylic acid groups (broad SMARTS) is 1. The Hall–Kier alpha value is -3.03. The number of aliphatic carboxylic acids is 1. The van der Waals surface area contributed by atoms with Crippen molar-refractivity contribution in [2.24, 2.45) is 7.05 Å². The smallest absolute Gasteiger partial charge is 0.305 e. The Labute approximate surface area is 158 Å². The van der Waals surface area contributed by atoms with Gasteiger partial charge in [0.25, 0.3) is 5.91 Å². The van der Waals surface area contributed by atoms with Crippen molar-refractivity contribution in [3.05, 3.63) is 41.2 Å². The molecule has 1 aromatic heterocycles. The number of aryl methyl sites for hydroxylation is 1. The van der Waals surface area contributed by atoms with Crippen molar-refractivity contribution in [2.45, 2.75) is 32.2 Å². The van der Waals surface area contributed by atoms with E-state index in [-0.39, 0.29) is 18.0 Å². The first-order valence-electron chi connectivity index (χ1n) is 8.55. The van der Waals surface area contributed by atoms with E-state index in [1.165, 1.54) is 14.2 Å². The predicted molar refractivity (Wildman–Crippen MR) is 99.3 cm³/mol. The van der Waals surface area contributed by atoms with E-state index in [0.717, 1.165) is 5.69 Å². The van der Waals surface area contributed by atoms with Crippen LogP contribution < -0.4 is 14.8 Å². The molecule has 27 heavy (non-hydrogen) atoms. The van der Waals surface area contributed by atoms with Crippen LogP contribution in [0, 0.1) is 0 Å². The van der Waals surface area contributed by atoms with Gasteiger partial charge in [-0.25, -0.2) is 0 Å². The first-order chi connectivity index (χ1) is 12.8. The molecule has 1 atom stereocenters. The molecule has 8 nitrogen and oxygen atoms in total. The van der Waals surface area contributed by atoms with Gasteiger partial charge < -0.3 is 19.9 Å².